The molecule has 4 rings (SSSR count). The van der Waals surface area contributed by atoms with E-state index in [1.165, 1.54) is 23.5 Å². The van der Waals surface area contributed by atoms with Crippen LogP contribution in [0.25, 0.3) is 0 Å². The number of benzene rings is 3. The molecule has 1 N–H and O–H groups in total. The van der Waals surface area contributed by atoms with E-state index in [0.717, 1.165) is 11.4 Å². The van der Waals surface area contributed by atoms with Gasteiger partial charge in [0.15, 0.2) is 0 Å². The van der Waals surface area contributed by atoms with Crippen LogP contribution in [-0.4, -0.2) is 59.0 Å². The third-order valence-corrected chi connectivity index (χ3v) is 7.66. The van der Waals surface area contributed by atoms with Gasteiger partial charge in [-0.3, -0.25) is 4.79 Å². The fourth-order valence-electron chi connectivity index (χ4n) is 3.89. The number of carbonyl (C=O) groups is 1. The summed E-state index contributed by atoms with van der Waals surface area (Å²) in [5, 5.41) is 2.78. The fraction of sp³-hybridized carbons (Fsp3) is 0.240. The van der Waals surface area contributed by atoms with Gasteiger partial charge in [0.2, 0.25) is 10.0 Å². The van der Waals surface area contributed by atoms with Crippen molar-refractivity contribution < 1.29 is 22.7 Å². The number of nitrogens with one attached hydrogen (secondary N) is 1. The Bertz CT molecular complexity index is 1250. The van der Waals surface area contributed by atoms with Gasteiger partial charge in [0.25, 0.3) is 5.91 Å². The van der Waals surface area contributed by atoms with E-state index in [0.29, 0.717) is 43.2 Å². The lowest BCUT2D eigenvalue weighted by Crippen LogP contribution is -2.48. The minimum atomic E-state index is -3.64. The number of nitrogens with zero attached hydrogens (tertiary/aromatic N) is 2. The summed E-state index contributed by atoms with van der Waals surface area (Å²) >= 11 is 0. The second-order valence-corrected chi connectivity index (χ2v) is 9.71. The summed E-state index contributed by atoms with van der Waals surface area (Å²) in [6.07, 6.45) is 0. The molecule has 1 fully saturated rings. The summed E-state index contributed by atoms with van der Waals surface area (Å²) < 4.78 is 38.4. The average molecular weight is 482 g/mol. The highest BCUT2D eigenvalue weighted by molar-refractivity contribution is 7.89. The summed E-state index contributed by atoms with van der Waals surface area (Å²) in [4.78, 5) is 14.8. The van der Waals surface area contributed by atoms with Gasteiger partial charge in [0.05, 0.1) is 24.8 Å². The highest BCUT2D eigenvalue weighted by Gasteiger charge is 2.29. The van der Waals surface area contributed by atoms with Gasteiger partial charge < -0.3 is 19.7 Å². The molecule has 1 amide bonds. The van der Waals surface area contributed by atoms with Crippen LogP contribution in [0.3, 0.4) is 0 Å². The molecule has 178 valence electrons. The zero-order valence-corrected chi connectivity index (χ0v) is 19.9. The third-order valence-electron chi connectivity index (χ3n) is 5.75. The van der Waals surface area contributed by atoms with Crippen LogP contribution in [0.15, 0.2) is 77.7 Å². The number of ether oxygens (including phenoxy) is 2. The van der Waals surface area contributed by atoms with Gasteiger partial charge >= 0.3 is 0 Å². The van der Waals surface area contributed by atoms with Crippen molar-refractivity contribution in [1.29, 1.82) is 0 Å². The van der Waals surface area contributed by atoms with Gasteiger partial charge in [-0.25, -0.2) is 8.42 Å². The number of carbonyl (C=O) groups excluding carboxylic acids is 1. The standard InChI is InChI=1S/C25H27N3O5S/c1-32-21-7-5-6-19(18-21)25(29)26-20-10-12-22(13-11-20)34(30,31)28-16-14-27(15-17-28)23-8-3-4-9-24(23)33-2/h3-13,18H,14-17H2,1-2H3,(H,26,29). The second kappa shape index (κ2) is 10.1. The van der Waals surface area contributed by atoms with Gasteiger partial charge in [-0.15, -0.1) is 0 Å². The van der Waals surface area contributed by atoms with Gasteiger partial charge in [-0.05, 0) is 54.6 Å². The summed E-state index contributed by atoms with van der Waals surface area (Å²) in [6.45, 7) is 1.87. The molecule has 0 unspecified atom stereocenters. The highest BCUT2D eigenvalue weighted by Crippen LogP contribution is 2.29. The predicted octanol–water partition coefficient (Wildman–Crippen LogP) is 3.47. The van der Waals surface area contributed by atoms with E-state index >= 15 is 0 Å². The zero-order valence-electron chi connectivity index (χ0n) is 19.1. The maximum atomic E-state index is 13.2. The molecule has 1 aliphatic heterocycles. The van der Waals surface area contributed by atoms with E-state index in [9.17, 15) is 13.2 Å². The van der Waals surface area contributed by atoms with Crippen LogP contribution in [0.5, 0.6) is 11.5 Å². The Hall–Kier alpha value is -3.56. The molecule has 1 aliphatic rings. The van der Waals surface area contributed by atoms with Crippen molar-refractivity contribution in [2.75, 3.05) is 50.6 Å². The van der Waals surface area contributed by atoms with Gasteiger partial charge in [0, 0.05) is 37.4 Å². The number of anilines is 2. The van der Waals surface area contributed by atoms with Crippen molar-refractivity contribution in [2.45, 2.75) is 4.90 Å². The van der Waals surface area contributed by atoms with E-state index in [2.05, 4.69) is 10.2 Å². The van der Waals surface area contributed by atoms with Crippen LogP contribution in [-0.2, 0) is 10.0 Å². The molecule has 0 spiro atoms. The number of methoxy groups -OCH3 is 2. The first kappa shape index (κ1) is 23.6. The normalized spacial score (nSPS) is 14.5. The van der Waals surface area contributed by atoms with E-state index in [1.54, 1.807) is 43.5 Å². The molecule has 9 heteroatoms. The Morgan fingerprint density at radius 1 is 0.853 bits per heavy atom. The van der Waals surface area contributed by atoms with Crippen LogP contribution < -0.4 is 19.7 Å². The predicted molar refractivity (Wildman–Crippen MR) is 131 cm³/mol. The molecule has 34 heavy (non-hydrogen) atoms. The summed E-state index contributed by atoms with van der Waals surface area (Å²) in [7, 11) is -0.480. The second-order valence-electron chi connectivity index (χ2n) is 7.77. The lowest BCUT2D eigenvalue weighted by Gasteiger charge is -2.35. The van der Waals surface area contributed by atoms with Crippen molar-refractivity contribution >= 4 is 27.3 Å². The molecular formula is C25H27N3O5S. The number of sulfonamides is 1. The van der Waals surface area contributed by atoms with Crippen LogP contribution >= 0.6 is 0 Å². The lowest BCUT2D eigenvalue weighted by molar-refractivity contribution is 0.102. The van der Waals surface area contributed by atoms with E-state index in [1.807, 2.05) is 24.3 Å². The third kappa shape index (κ3) is 5.00. The molecule has 0 aromatic heterocycles. The summed E-state index contributed by atoms with van der Waals surface area (Å²) in [5.41, 5.74) is 1.91. The highest BCUT2D eigenvalue weighted by atomic mass is 32.2. The van der Waals surface area contributed by atoms with Gasteiger partial charge in [-0.1, -0.05) is 18.2 Å². The molecule has 1 heterocycles. The number of amides is 1. The Morgan fingerprint density at radius 3 is 2.24 bits per heavy atom. The van der Waals surface area contributed by atoms with E-state index < -0.39 is 10.0 Å². The molecule has 0 radical (unpaired) electrons. The van der Waals surface area contributed by atoms with Gasteiger partial charge in [-0.2, -0.15) is 4.31 Å². The molecule has 0 atom stereocenters. The van der Waals surface area contributed by atoms with Crippen molar-refractivity contribution in [3.8, 4) is 11.5 Å². The maximum Gasteiger partial charge on any atom is 0.255 e. The molecule has 0 aliphatic carbocycles. The molecule has 0 saturated carbocycles. The van der Waals surface area contributed by atoms with Crippen molar-refractivity contribution in [1.82, 2.24) is 4.31 Å². The average Bonchev–Trinajstić information content (AvgIpc) is 2.89. The molecule has 3 aromatic rings. The Morgan fingerprint density at radius 2 is 1.56 bits per heavy atom. The SMILES string of the molecule is COc1cccc(C(=O)Nc2ccc(S(=O)(=O)N3CCN(c4ccccc4OC)CC3)cc2)c1. The van der Waals surface area contributed by atoms with Crippen molar-refractivity contribution in [3.63, 3.8) is 0 Å². The molecule has 0 bridgehead atoms. The Labute approximate surface area is 199 Å². The molecule has 1 saturated heterocycles. The first-order valence-electron chi connectivity index (χ1n) is 10.9. The number of piperazine rings is 1. The minimum Gasteiger partial charge on any atom is -0.497 e. The van der Waals surface area contributed by atoms with Crippen LogP contribution in [0.1, 0.15) is 10.4 Å². The smallest absolute Gasteiger partial charge is 0.255 e. The minimum absolute atomic E-state index is 0.192. The van der Waals surface area contributed by atoms with Crippen molar-refractivity contribution in [3.05, 3.63) is 78.4 Å². The van der Waals surface area contributed by atoms with Crippen LogP contribution in [0.4, 0.5) is 11.4 Å². The summed E-state index contributed by atoms with van der Waals surface area (Å²) in [5.74, 6) is 1.05. The first-order chi connectivity index (χ1) is 16.4. The number of para-hydroxylation sites is 2. The number of hydrogen-bond acceptors (Lipinski definition) is 6. The number of hydrogen-bond donors (Lipinski definition) is 1. The zero-order chi connectivity index (χ0) is 24.1. The Balaban J connectivity index is 1.41. The van der Waals surface area contributed by atoms with Crippen LogP contribution in [0, 0.1) is 0 Å². The summed E-state index contributed by atoms with van der Waals surface area (Å²) in [6, 6.07) is 20.7. The number of rotatable bonds is 7. The largest absolute Gasteiger partial charge is 0.497 e. The van der Waals surface area contributed by atoms with Gasteiger partial charge in [0.1, 0.15) is 11.5 Å². The molecule has 8 nitrogen and oxygen atoms in total. The van der Waals surface area contributed by atoms with E-state index in [-0.39, 0.29) is 10.8 Å². The molecule has 3 aromatic carbocycles. The molecular weight excluding hydrogens is 454 g/mol. The topological polar surface area (TPSA) is 88.2 Å². The maximum absolute atomic E-state index is 13.2. The van der Waals surface area contributed by atoms with E-state index in [4.69, 9.17) is 9.47 Å². The monoisotopic (exact) mass is 481 g/mol. The fourth-order valence-corrected chi connectivity index (χ4v) is 5.31. The van der Waals surface area contributed by atoms with Crippen molar-refractivity contribution in [2.24, 2.45) is 0 Å². The first-order valence-corrected chi connectivity index (χ1v) is 12.3. The lowest BCUT2D eigenvalue weighted by atomic mass is 10.2. The quantitative estimate of drug-likeness (QED) is 0.556. The Kier molecular flexibility index (Phi) is 7.04. The van der Waals surface area contributed by atoms with Crippen LogP contribution in [0.2, 0.25) is 0 Å².